The molecule has 2 heterocycles. The second-order valence-electron chi connectivity index (χ2n) is 8.03. The molecular weight excluding hydrogens is 366 g/mol. The molecular formula is C23H27N3O3. The second kappa shape index (κ2) is 8.99. The van der Waals surface area contributed by atoms with E-state index in [1.54, 1.807) is 47.5 Å². The van der Waals surface area contributed by atoms with Gasteiger partial charge in [0.2, 0.25) is 5.91 Å². The van der Waals surface area contributed by atoms with Gasteiger partial charge in [-0.3, -0.25) is 19.4 Å². The Morgan fingerprint density at radius 1 is 1.10 bits per heavy atom. The van der Waals surface area contributed by atoms with Gasteiger partial charge in [-0.05, 0) is 43.0 Å². The number of carbonyl (C=O) groups is 3. The van der Waals surface area contributed by atoms with Gasteiger partial charge in [0, 0.05) is 42.8 Å². The minimum atomic E-state index is -0.475. The van der Waals surface area contributed by atoms with E-state index >= 15 is 0 Å². The van der Waals surface area contributed by atoms with E-state index in [1.165, 1.54) is 0 Å². The fourth-order valence-corrected chi connectivity index (χ4v) is 3.67. The van der Waals surface area contributed by atoms with Crippen LogP contribution in [0, 0.1) is 11.8 Å². The van der Waals surface area contributed by atoms with Crippen LogP contribution in [-0.2, 0) is 4.79 Å². The number of nitrogens with two attached hydrogens (primary N) is 1. The highest BCUT2D eigenvalue weighted by Gasteiger charge is 2.29. The molecule has 1 fully saturated rings. The summed E-state index contributed by atoms with van der Waals surface area (Å²) in [5, 5.41) is 0. The molecule has 0 radical (unpaired) electrons. The van der Waals surface area contributed by atoms with Crippen molar-refractivity contribution in [2.75, 3.05) is 13.1 Å². The van der Waals surface area contributed by atoms with Crippen molar-refractivity contribution in [2.24, 2.45) is 17.6 Å². The predicted molar refractivity (Wildman–Crippen MR) is 111 cm³/mol. The summed E-state index contributed by atoms with van der Waals surface area (Å²) in [7, 11) is 0. The summed E-state index contributed by atoms with van der Waals surface area (Å²) in [5.74, 6) is -0.0359. The number of pyridine rings is 1. The first-order valence-corrected chi connectivity index (χ1v) is 10.0. The summed E-state index contributed by atoms with van der Waals surface area (Å²) >= 11 is 0. The SMILES string of the molecule is CC(C)CC(=O)[C@@H]1CCCN(C(=O)c2ccc(-c3ccc(C(N)=O)cc3)nc2)C1. The van der Waals surface area contributed by atoms with Gasteiger partial charge in [-0.15, -0.1) is 0 Å². The maximum atomic E-state index is 12.9. The summed E-state index contributed by atoms with van der Waals surface area (Å²) in [6, 6.07) is 10.4. The zero-order chi connectivity index (χ0) is 21.0. The third kappa shape index (κ3) is 5.08. The number of hydrogen-bond acceptors (Lipinski definition) is 4. The molecule has 1 atom stereocenters. The lowest BCUT2D eigenvalue weighted by atomic mass is 9.89. The molecule has 2 aromatic rings. The van der Waals surface area contributed by atoms with Crippen LogP contribution >= 0.6 is 0 Å². The molecule has 0 aliphatic carbocycles. The smallest absolute Gasteiger partial charge is 0.255 e. The highest BCUT2D eigenvalue weighted by atomic mass is 16.2. The largest absolute Gasteiger partial charge is 0.366 e. The number of hydrogen-bond donors (Lipinski definition) is 1. The molecule has 0 bridgehead atoms. The van der Waals surface area contributed by atoms with Crippen molar-refractivity contribution in [1.29, 1.82) is 0 Å². The zero-order valence-electron chi connectivity index (χ0n) is 16.9. The molecule has 1 saturated heterocycles. The summed E-state index contributed by atoms with van der Waals surface area (Å²) < 4.78 is 0. The molecule has 1 aromatic heterocycles. The molecule has 2 N–H and O–H groups in total. The highest BCUT2D eigenvalue weighted by molar-refractivity contribution is 5.95. The Labute approximate surface area is 171 Å². The summed E-state index contributed by atoms with van der Waals surface area (Å²) in [5.41, 5.74) is 7.76. The Morgan fingerprint density at radius 2 is 1.79 bits per heavy atom. The van der Waals surface area contributed by atoms with Crippen molar-refractivity contribution in [3.63, 3.8) is 0 Å². The van der Waals surface area contributed by atoms with Gasteiger partial charge in [-0.25, -0.2) is 0 Å². The number of primary amides is 1. The normalized spacial score (nSPS) is 16.7. The van der Waals surface area contributed by atoms with E-state index in [0.717, 1.165) is 18.4 Å². The summed E-state index contributed by atoms with van der Waals surface area (Å²) in [6.07, 6.45) is 3.84. The van der Waals surface area contributed by atoms with Crippen LogP contribution in [0.1, 0.15) is 53.8 Å². The van der Waals surface area contributed by atoms with Crippen LogP contribution < -0.4 is 5.73 Å². The molecule has 0 unspecified atom stereocenters. The van der Waals surface area contributed by atoms with Gasteiger partial charge < -0.3 is 10.6 Å². The number of piperidine rings is 1. The van der Waals surface area contributed by atoms with Crippen molar-refractivity contribution in [1.82, 2.24) is 9.88 Å². The Kier molecular flexibility index (Phi) is 6.42. The number of aromatic nitrogens is 1. The first-order chi connectivity index (χ1) is 13.8. The van der Waals surface area contributed by atoms with Crippen molar-refractivity contribution in [3.8, 4) is 11.3 Å². The molecule has 29 heavy (non-hydrogen) atoms. The maximum absolute atomic E-state index is 12.9. The van der Waals surface area contributed by atoms with E-state index in [-0.39, 0.29) is 17.6 Å². The lowest BCUT2D eigenvalue weighted by Crippen LogP contribution is -2.42. The van der Waals surface area contributed by atoms with Crippen LogP contribution in [0.25, 0.3) is 11.3 Å². The molecule has 6 heteroatoms. The van der Waals surface area contributed by atoms with Crippen molar-refractivity contribution in [3.05, 3.63) is 53.7 Å². The van der Waals surface area contributed by atoms with Crippen molar-refractivity contribution < 1.29 is 14.4 Å². The van der Waals surface area contributed by atoms with E-state index in [9.17, 15) is 14.4 Å². The van der Waals surface area contributed by atoms with Gasteiger partial charge in [-0.2, -0.15) is 0 Å². The molecule has 1 aliphatic heterocycles. The van der Waals surface area contributed by atoms with Crippen LogP contribution in [0.4, 0.5) is 0 Å². The summed E-state index contributed by atoms with van der Waals surface area (Å²) in [4.78, 5) is 42.6. The second-order valence-corrected chi connectivity index (χ2v) is 8.03. The minimum Gasteiger partial charge on any atom is -0.366 e. The van der Waals surface area contributed by atoms with Crippen LogP contribution in [0.3, 0.4) is 0 Å². The molecule has 3 rings (SSSR count). The van der Waals surface area contributed by atoms with Crippen LogP contribution in [0.15, 0.2) is 42.6 Å². The first kappa shape index (κ1) is 20.7. The molecule has 1 aliphatic rings. The van der Waals surface area contributed by atoms with E-state index in [1.807, 2.05) is 13.8 Å². The average Bonchev–Trinajstić information content (AvgIpc) is 2.73. The monoisotopic (exact) mass is 393 g/mol. The Hall–Kier alpha value is -3.02. The molecule has 0 saturated carbocycles. The van der Waals surface area contributed by atoms with E-state index in [0.29, 0.717) is 42.2 Å². The maximum Gasteiger partial charge on any atom is 0.255 e. The van der Waals surface area contributed by atoms with Gasteiger partial charge in [0.25, 0.3) is 5.91 Å². The Morgan fingerprint density at radius 3 is 2.38 bits per heavy atom. The van der Waals surface area contributed by atoms with Crippen LogP contribution in [0.2, 0.25) is 0 Å². The molecule has 2 amide bonds. The van der Waals surface area contributed by atoms with Gasteiger partial charge in [0.15, 0.2) is 0 Å². The number of nitrogens with zero attached hydrogens (tertiary/aromatic N) is 2. The standard InChI is InChI=1S/C23H27N3O3/c1-15(2)12-21(27)19-4-3-11-26(14-19)23(29)18-9-10-20(25-13-18)16-5-7-17(8-6-16)22(24)28/h5-10,13,15,19H,3-4,11-12,14H2,1-2H3,(H2,24,28)/t19-/m1/s1. The van der Waals surface area contributed by atoms with Crippen molar-refractivity contribution in [2.45, 2.75) is 33.1 Å². The van der Waals surface area contributed by atoms with Crippen LogP contribution in [0.5, 0.6) is 0 Å². The Bertz CT molecular complexity index is 889. The molecule has 1 aromatic carbocycles. The van der Waals surface area contributed by atoms with Gasteiger partial charge in [0.1, 0.15) is 5.78 Å². The number of ketones is 1. The fourth-order valence-electron chi connectivity index (χ4n) is 3.67. The topological polar surface area (TPSA) is 93.4 Å². The quantitative estimate of drug-likeness (QED) is 0.815. The van der Waals surface area contributed by atoms with E-state index in [4.69, 9.17) is 5.73 Å². The third-order valence-corrected chi connectivity index (χ3v) is 5.25. The van der Waals surface area contributed by atoms with Gasteiger partial charge in [-0.1, -0.05) is 26.0 Å². The first-order valence-electron chi connectivity index (χ1n) is 10.0. The molecule has 0 spiro atoms. The van der Waals surface area contributed by atoms with Crippen LogP contribution in [-0.4, -0.2) is 40.6 Å². The predicted octanol–water partition coefficient (Wildman–Crippen LogP) is 3.31. The van der Waals surface area contributed by atoms with E-state index < -0.39 is 5.91 Å². The molecule has 6 nitrogen and oxygen atoms in total. The number of Topliss-reactive ketones (excluding diaryl/α,β-unsaturated/α-hetero) is 1. The third-order valence-electron chi connectivity index (χ3n) is 5.25. The lowest BCUT2D eigenvalue weighted by molar-refractivity contribution is -0.124. The number of likely N-dealkylation sites (tertiary alicyclic amines) is 1. The summed E-state index contributed by atoms with van der Waals surface area (Å²) in [6.45, 7) is 5.23. The van der Waals surface area contributed by atoms with Gasteiger partial charge in [0.05, 0.1) is 11.3 Å². The number of carbonyl (C=O) groups excluding carboxylic acids is 3. The minimum absolute atomic E-state index is 0.0638. The number of benzene rings is 1. The fraction of sp³-hybridized carbons (Fsp3) is 0.391. The average molecular weight is 393 g/mol. The number of rotatable bonds is 6. The van der Waals surface area contributed by atoms with Gasteiger partial charge >= 0.3 is 0 Å². The number of amides is 2. The molecule has 152 valence electrons. The highest BCUT2D eigenvalue weighted by Crippen LogP contribution is 2.23. The Balaban J connectivity index is 1.68. The lowest BCUT2D eigenvalue weighted by Gasteiger charge is -2.32. The van der Waals surface area contributed by atoms with E-state index in [2.05, 4.69) is 4.98 Å². The van der Waals surface area contributed by atoms with Crippen molar-refractivity contribution >= 4 is 17.6 Å². The zero-order valence-corrected chi connectivity index (χ0v) is 16.9.